The fourth-order valence-electron chi connectivity index (χ4n) is 2.01. The molecule has 6 nitrogen and oxygen atoms in total. The van der Waals surface area contributed by atoms with Crippen molar-refractivity contribution in [2.24, 2.45) is 4.99 Å². The SMILES string of the molecule is CCNC(=NCc1ccc(S(C)(=O)=O)c(C)c1)NCCOC. The van der Waals surface area contributed by atoms with E-state index in [-0.39, 0.29) is 0 Å². The van der Waals surface area contributed by atoms with Gasteiger partial charge in [0.1, 0.15) is 0 Å². The molecule has 0 radical (unpaired) electrons. The van der Waals surface area contributed by atoms with Gasteiger partial charge in [-0.2, -0.15) is 0 Å². The Hall–Kier alpha value is -1.60. The summed E-state index contributed by atoms with van der Waals surface area (Å²) in [6.07, 6.45) is 1.22. The number of rotatable bonds is 7. The van der Waals surface area contributed by atoms with Gasteiger partial charge >= 0.3 is 0 Å². The van der Waals surface area contributed by atoms with Crippen LogP contribution in [0.5, 0.6) is 0 Å². The molecule has 0 aromatic heterocycles. The smallest absolute Gasteiger partial charge is 0.191 e. The lowest BCUT2D eigenvalue weighted by molar-refractivity contribution is 0.203. The normalized spacial score (nSPS) is 12.3. The van der Waals surface area contributed by atoms with Crippen LogP contribution in [0.25, 0.3) is 0 Å². The molecular formula is C15H25N3O3S. The van der Waals surface area contributed by atoms with E-state index in [2.05, 4.69) is 15.6 Å². The summed E-state index contributed by atoms with van der Waals surface area (Å²) < 4.78 is 28.2. The van der Waals surface area contributed by atoms with Gasteiger partial charge in [-0.1, -0.05) is 12.1 Å². The first kappa shape index (κ1) is 18.4. The summed E-state index contributed by atoms with van der Waals surface area (Å²) >= 11 is 0. The molecule has 124 valence electrons. The number of guanidine groups is 1. The Balaban J connectivity index is 2.79. The molecule has 1 aromatic rings. The maximum absolute atomic E-state index is 11.6. The molecule has 0 aliphatic heterocycles. The Morgan fingerprint density at radius 1 is 1.32 bits per heavy atom. The third kappa shape index (κ3) is 6.03. The Morgan fingerprint density at radius 2 is 2.05 bits per heavy atom. The molecular weight excluding hydrogens is 302 g/mol. The van der Waals surface area contributed by atoms with Crippen LogP contribution in [-0.2, 0) is 21.1 Å². The van der Waals surface area contributed by atoms with E-state index in [4.69, 9.17) is 4.74 Å². The number of methoxy groups -OCH3 is 1. The van der Waals surface area contributed by atoms with Crippen molar-refractivity contribution in [2.75, 3.05) is 33.1 Å². The number of aryl methyl sites for hydroxylation is 1. The third-order valence-corrected chi connectivity index (χ3v) is 4.26. The molecule has 0 atom stereocenters. The summed E-state index contributed by atoms with van der Waals surface area (Å²) in [5.41, 5.74) is 1.71. The first-order valence-corrected chi connectivity index (χ1v) is 9.08. The predicted molar refractivity (Wildman–Crippen MR) is 89.0 cm³/mol. The van der Waals surface area contributed by atoms with Crippen LogP contribution in [0.3, 0.4) is 0 Å². The first-order valence-electron chi connectivity index (χ1n) is 7.19. The van der Waals surface area contributed by atoms with Gasteiger partial charge in [0.15, 0.2) is 15.8 Å². The molecule has 2 N–H and O–H groups in total. The summed E-state index contributed by atoms with van der Waals surface area (Å²) in [6, 6.07) is 5.30. The summed E-state index contributed by atoms with van der Waals surface area (Å²) in [4.78, 5) is 4.84. The highest BCUT2D eigenvalue weighted by Crippen LogP contribution is 2.17. The van der Waals surface area contributed by atoms with Gasteiger partial charge in [-0.15, -0.1) is 0 Å². The summed E-state index contributed by atoms with van der Waals surface area (Å²) in [5.74, 6) is 0.712. The number of hydrogen-bond donors (Lipinski definition) is 2. The number of nitrogens with one attached hydrogen (secondary N) is 2. The van der Waals surface area contributed by atoms with E-state index in [0.29, 0.717) is 30.6 Å². The second-order valence-corrected chi connectivity index (χ2v) is 6.97. The van der Waals surface area contributed by atoms with Crippen molar-refractivity contribution in [1.82, 2.24) is 10.6 Å². The van der Waals surface area contributed by atoms with E-state index < -0.39 is 9.84 Å². The number of nitrogens with zero attached hydrogens (tertiary/aromatic N) is 1. The largest absolute Gasteiger partial charge is 0.383 e. The van der Waals surface area contributed by atoms with Crippen LogP contribution in [0, 0.1) is 6.92 Å². The van der Waals surface area contributed by atoms with Crippen molar-refractivity contribution in [1.29, 1.82) is 0 Å². The molecule has 22 heavy (non-hydrogen) atoms. The summed E-state index contributed by atoms with van der Waals surface area (Å²) in [5, 5.41) is 6.31. The van der Waals surface area contributed by atoms with E-state index >= 15 is 0 Å². The van der Waals surface area contributed by atoms with Gasteiger partial charge < -0.3 is 15.4 Å². The number of ether oxygens (including phenoxy) is 1. The van der Waals surface area contributed by atoms with Crippen LogP contribution in [0.15, 0.2) is 28.1 Å². The molecule has 0 fully saturated rings. The second-order valence-electron chi connectivity index (χ2n) is 4.99. The van der Waals surface area contributed by atoms with Crippen LogP contribution < -0.4 is 10.6 Å². The fourth-order valence-corrected chi connectivity index (χ4v) is 2.97. The van der Waals surface area contributed by atoms with Crippen molar-refractivity contribution >= 4 is 15.8 Å². The van der Waals surface area contributed by atoms with E-state index in [0.717, 1.165) is 17.7 Å². The Kier molecular flexibility index (Phi) is 7.34. The molecule has 0 unspecified atom stereocenters. The minimum absolute atomic E-state index is 0.366. The minimum Gasteiger partial charge on any atom is -0.383 e. The molecule has 0 amide bonds. The van der Waals surface area contributed by atoms with Gasteiger partial charge in [-0.05, 0) is 31.0 Å². The monoisotopic (exact) mass is 327 g/mol. The van der Waals surface area contributed by atoms with Crippen LogP contribution >= 0.6 is 0 Å². The molecule has 0 spiro atoms. The highest BCUT2D eigenvalue weighted by molar-refractivity contribution is 7.90. The average Bonchev–Trinajstić information content (AvgIpc) is 2.43. The van der Waals surface area contributed by atoms with Crippen molar-refractivity contribution in [3.05, 3.63) is 29.3 Å². The summed E-state index contributed by atoms with van der Waals surface area (Å²) in [6.45, 7) is 6.32. The first-order chi connectivity index (χ1) is 10.4. The van der Waals surface area contributed by atoms with Crippen molar-refractivity contribution < 1.29 is 13.2 Å². The van der Waals surface area contributed by atoms with Crippen molar-refractivity contribution in [2.45, 2.75) is 25.3 Å². The zero-order valence-electron chi connectivity index (χ0n) is 13.6. The zero-order chi connectivity index (χ0) is 16.6. The molecule has 1 aromatic carbocycles. The fraction of sp³-hybridized carbons (Fsp3) is 0.533. The van der Waals surface area contributed by atoms with E-state index in [1.807, 2.05) is 13.0 Å². The third-order valence-electron chi connectivity index (χ3n) is 3.00. The number of aliphatic imine (C=N–C) groups is 1. The van der Waals surface area contributed by atoms with Gasteiger partial charge in [-0.3, -0.25) is 0 Å². The molecule has 7 heteroatoms. The highest BCUT2D eigenvalue weighted by Gasteiger charge is 2.10. The minimum atomic E-state index is -3.18. The Labute approximate surface area is 132 Å². The van der Waals surface area contributed by atoms with Gasteiger partial charge in [-0.25, -0.2) is 13.4 Å². The zero-order valence-corrected chi connectivity index (χ0v) is 14.5. The molecule has 0 aliphatic rings. The molecule has 1 rings (SSSR count). The highest BCUT2D eigenvalue weighted by atomic mass is 32.2. The lowest BCUT2D eigenvalue weighted by Gasteiger charge is -2.11. The predicted octanol–water partition coefficient (Wildman–Crippen LogP) is 1.10. The Bertz CT molecular complexity index is 612. The molecule has 0 saturated heterocycles. The maximum atomic E-state index is 11.6. The second kappa shape index (κ2) is 8.75. The van der Waals surface area contributed by atoms with Crippen LogP contribution in [0.1, 0.15) is 18.1 Å². The van der Waals surface area contributed by atoms with Crippen LogP contribution in [0.2, 0.25) is 0 Å². The molecule has 0 aliphatic carbocycles. The van der Waals surface area contributed by atoms with E-state index in [1.54, 1.807) is 26.2 Å². The lowest BCUT2D eigenvalue weighted by atomic mass is 10.1. The van der Waals surface area contributed by atoms with Crippen LogP contribution in [0.4, 0.5) is 0 Å². The van der Waals surface area contributed by atoms with E-state index in [9.17, 15) is 8.42 Å². The number of sulfone groups is 1. The van der Waals surface area contributed by atoms with Crippen molar-refractivity contribution in [3.8, 4) is 0 Å². The van der Waals surface area contributed by atoms with Crippen molar-refractivity contribution in [3.63, 3.8) is 0 Å². The quantitative estimate of drug-likeness (QED) is 0.445. The Morgan fingerprint density at radius 3 is 2.59 bits per heavy atom. The van der Waals surface area contributed by atoms with Crippen LogP contribution in [-0.4, -0.2) is 47.4 Å². The summed E-state index contributed by atoms with van der Waals surface area (Å²) in [7, 11) is -1.53. The average molecular weight is 327 g/mol. The number of benzene rings is 1. The topological polar surface area (TPSA) is 79.8 Å². The number of hydrogen-bond acceptors (Lipinski definition) is 4. The molecule has 0 bridgehead atoms. The van der Waals surface area contributed by atoms with Gasteiger partial charge in [0.25, 0.3) is 0 Å². The molecule has 0 saturated carbocycles. The van der Waals surface area contributed by atoms with E-state index in [1.165, 1.54) is 6.26 Å². The lowest BCUT2D eigenvalue weighted by Crippen LogP contribution is -2.38. The van der Waals surface area contributed by atoms with Gasteiger partial charge in [0.2, 0.25) is 0 Å². The maximum Gasteiger partial charge on any atom is 0.191 e. The standard InChI is InChI=1S/C15H25N3O3S/c1-5-16-15(17-8-9-21-3)18-11-13-6-7-14(12(2)10-13)22(4,19)20/h6-7,10H,5,8-9,11H2,1-4H3,(H2,16,17,18). The van der Waals surface area contributed by atoms with Gasteiger partial charge in [0, 0.05) is 26.5 Å². The van der Waals surface area contributed by atoms with Gasteiger partial charge in [0.05, 0.1) is 18.0 Å². The molecule has 0 heterocycles.